The molecule has 0 aliphatic rings. The molecule has 0 radical (unpaired) electrons. The van der Waals surface area contributed by atoms with Crippen LogP contribution in [0.5, 0.6) is 11.5 Å². The van der Waals surface area contributed by atoms with Crippen LogP contribution in [0.2, 0.25) is 0 Å². The second-order valence-corrected chi connectivity index (χ2v) is 7.42. The number of fused-ring (bicyclic) bond motifs is 1. The molecular formula is C23H26N4O3. The zero-order valence-corrected chi connectivity index (χ0v) is 17.3. The van der Waals surface area contributed by atoms with Crippen LogP contribution in [0.3, 0.4) is 0 Å². The molecule has 1 unspecified atom stereocenters. The largest absolute Gasteiger partial charge is 0.455 e. The number of benzene rings is 2. The number of nitrogens with one attached hydrogen (secondary N) is 3. The lowest BCUT2D eigenvalue weighted by Crippen LogP contribution is -2.46. The Kier molecular flexibility index (Phi) is 6.85. The molecule has 1 atom stereocenters. The van der Waals surface area contributed by atoms with Gasteiger partial charge in [-0.25, -0.2) is 4.79 Å². The maximum Gasteiger partial charge on any atom is 0.321 e. The molecule has 30 heavy (non-hydrogen) atoms. The standard InChI is InChI=1S/C23H26N4O3/c1-15(2)14-25-23(29)27-22(28)16(3)26-18-9-11-19(12-10-18)30-20-8-4-6-17-7-5-13-24-21(17)20/h4-13,15-16,26H,14H2,1-3H3,(H2,25,27,28,29). The van der Waals surface area contributed by atoms with E-state index in [1.54, 1.807) is 13.1 Å². The third kappa shape index (κ3) is 5.70. The Morgan fingerprint density at radius 3 is 2.47 bits per heavy atom. The maximum atomic E-state index is 12.2. The van der Waals surface area contributed by atoms with Crippen LogP contribution in [0.4, 0.5) is 10.5 Å². The molecule has 1 aromatic heterocycles. The maximum absolute atomic E-state index is 12.2. The molecule has 7 nitrogen and oxygen atoms in total. The number of pyridine rings is 1. The average Bonchev–Trinajstić information content (AvgIpc) is 2.74. The van der Waals surface area contributed by atoms with Crippen molar-refractivity contribution in [1.29, 1.82) is 0 Å². The molecule has 0 spiro atoms. The first kappa shape index (κ1) is 21.1. The van der Waals surface area contributed by atoms with Crippen LogP contribution in [0, 0.1) is 5.92 Å². The Bertz CT molecular complexity index is 1010. The molecule has 3 aromatic rings. The van der Waals surface area contributed by atoms with Gasteiger partial charge in [-0.3, -0.25) is 15.1 Å². The highest BCUT2D eigenvalue weighted by atomic mass is 16.5. The molecule has 0 fully saturated rings. The minimum absolute atomic E-state index is 0.312. The molecule has 3 N–H and O–H groups in total. The van der Waals surface area contributed by atoms with Gasteiger partial charge in [0.2, 0.25) is 5.91 Å². The first-order valence-corrected chi connectivity index (χ1v) is 9.89. The van der Waals surface area contributed by atoms with E-state index in [-0.39, 0.29) is 0 Å². The first-order chi connectivity index (χ1) is 14.4. The monoisotopic (exact) mass is 406 g/mol. The number of carbonyl (C=O) groups excluding carboxylic acids is 2. The van der Waals surface area contributed by atoms with Crippen molar-refractivity contribution in [3.8, 4) is 11.5 Å². The van der Waals surface area contributed by atoms with Gasteiger partial charge in [-0.05, 0) is 49.2 Å². The fraction of sp³-hybridized carbons (Fsp3) is 0.261. The summed E-state index contributed by atoms with van der Waals surface area (Å²) in [4.78, 5) is 28.3. The normalized spacial score (nSPS) is 11.7. The van der Waals surface area contributed by atoms with Crippen LogP contribution < -0.4 is 20.7 Å². The Morgan fingerprint density at radius 2 is 1.73 bits per heavy atom. The minimum atomic E-state index is -0.580. The van der Waals surface area contributed by atoms with E-state index in [9.17, 15) is 9.59 Å². The van der Waals surface area contributed by atoms with Crippen LogP contribution in [0.15, 0.2) is 60.8 Å². The molecule has 7 heteroatoms. The summed E-state index contributed by atoms with van der Waals surface area (Å²) in [5.74, 6) is 1.24. The lowest BCUT2D eigenvalue weighted by Gasteiger charge is -2.16. The van der Waals surface area contributed by atoms with Crippen molar-refractivity contribution in [3.05, 3.63) is 60.8 Å². The van der Waals surface area contributed by atoms with E-state index in [4.69, 9.17) is 4.74 Å². The van der Waals surface area contributed by atoms with Gasteiger partial charge in [-0.15, -0.1) is 0 Å². The van der Waals surface area contributed by atoms with Crippen molar-refractivity contribution >= 4 is 28.5 Å². The molecule has 0 aliphatic heterocycles. The predicted molar refractivity (Wildman–Crippen MR) is 118 cm³/mol. The zero-order valence-electron chi connectivity index (χ0n) is 17.3. The van der Waals surface area contributed by atoms with Gasteiger partial charge in [0, 0.05) is 23.8 Å². The summed E-state index contributed by atoms with van der Waals surface area (Å²) in [6, 6.07) is 15.8. The van der Waals surface area contributed by atoms with Crippen molar-refractivity contribution in [2.24, 2.45) is 5.92 Å². The Morgan fingerprint density at radius 1 is 1.00 bits per heavy atom. The Hall–Kier alpha value is -3.61. The lowest BCUT2D eigenvalue weighted by molar-refractivity contribution is -0.120. The number of carbonyl (C=O) groups is 2. The number of hydrogen-bond donors (Lipinski definition) is 3. The SMILES string of the molecule is CC(C)CNC(=O)NC(=O)C(C)Nc1ccc(Oc2cccc3cccnc23)cc1. The van der Waals surface area contributed by atoms with Crippen molar-refractivity contribution in [1.82, 2.24) is 15.6 Å². The second-order valence-electron chi connectivity index (χ2n) is 7.42. The molecule has 156 valence electrons. The van der Waals surface area contributed by atoms with E-state index in [2.05, 4.69) is 20.9 Å². The predicted octanol–water partition coefficient (Wildman–Crippen LogP) is 4.31. The van der Waals surface area contributed by atoms with Gasteiger partial charge >= 0.3 is 6.03 Å². The number of imide groups is 1. The molecule has 0 aliphatic carbocycles. The van der Waals surface area contributed by atoms with Gasteiger partial charge < -0.3 is 15.4 Å². The fourth-order valence-corrected chi connectivity index (χ4v) is 2.78. The summed E-state index contributed by atoms with van der Waals surface area (Å²) in [6.07, 6.45) is 1.73. The van der Waals surface area contributed by atoms with Crippen molar-refractivity contribution < 1.29 is 14.3 Å². The minimum Gasteiger partial charge on any atom is -0.455 e. The highest BCUT2D eigenvalue weighted by Gasteiger charge is 2.15. The summed E-state index contributed by atoms with van der Waals surface area (Å²) < 4.78 is 5.98. The van der Waals surface area contributed by atoms with Crippen LogP contribution in [0.1, 0.15) is 20.8 Å². The number of para-hydroxylation sites is 1. The topological polar surface area (TPSA) is 92.4 Å². The number of aromatic nitrogens is 1. The number of urea groups is 1. The van der Waals surface area contributed by atoms with Crippen molar-refractivity contribution in [2.75, 3.05) is 11.9 Å². The summed E-state index contributed by atoms with van der Waals surface area (Å²) in [5.41, 5.74) is 1.53. The number of ether oxygens (including phenoxy) is 1. The summed E-state index contributed by atoms with van der Waals surface area (Å²) in [7, 11) is 0. The second kappa shape index (κ2) is 9.73. The Balaban J connectivity index is 1.57. The van der Waals surface area contributed by atoms with Crippen LogP contribution in [-0.2, 0) is 4.79 Å². The number of anilines is 1. The van der Waals surface area contributed by atoms with E-state index >= 15 is 0 Å². The van der Waals surface area contributed by atoms with E-state index in [1.165, 1.54) is 0 Å². The number of amides is 3. The van der Waals surface area contributed by atoms with Gasteiger partial charge in [0.25, 0.3) is 0 Å². The quantitative estimate of drug-likeness (QED) is 0.544. The molecule has 2 aromatic carbocycles. The van der Waals surface area contributed by atoms with Crippen LogP contribution in [-0.4, -0.2) is 29.5 Å². The van der Waals surface area contributed by atoms with Gasteiger partial charge in [-0.1, -0.05) is 32.0 Å². The van der Waals surface area contributed by atoms with Crippen LogP contribution >= 0.6 is 0 Å². The molecule has 0 bridgehead atoms. The first-order valence-electron chi connectivity index (χ1n) is 9.89. The lowest BCUT2D eigenvalue weighted by atomic mass is 10.2. The molecule has 3 rings (SSSR count). The van der Waals surface area contributed by atoms with Crippen molar-refractivity contribution in [3.63, 3.8) is 0 Å². The van der Waals surface area contributed by atoms with E-state index in [0.29, 0.717) is 24.0 Å². The van der Waals surface area contributed by atoms with E-state index < -0.39 is 18.0 Å². The van der Waals surface area contributed by atoms with Crippen LogP contribution in [0.25, 0.3) is 10.9 Å². The Labute approximate surface area is 175 Å². The summed E-state index contributed by atoms with van der Waals surface area (Å²) >= 11 is 0. The number of rotatable bonds is 7. The van der Waals surface area contributed by atoms with Gasteiger partial charge in [0.15, 0.2) is 5.75 Å². The average molecular weight is 406 g/mol. The smallest absolute Gasteiger partial charge is 0.321 e. The molecule has 3 amide bonds. The zero-order chi connectivity index (χ0) is 21.5. The number of hydrogen-bond acceptors (Lipinski definition) is 5. The molecule has 0 saturated heterocycles. The highest BCUT2D eigenvalue weighted by Crippen LogP contribution is 2.28. The molecular weight excluding hydrogens is 380 g/mol. The van der Waals surface area contributed by atoms with Gasteiger partial charge in [0.1, 0.15) is 17.3 Å². The van der Waals surface area contributed by atoms with Crippen molar-refractivity contribution in [2.45, 2.75) is 26.8 Å². The fourth-order valence-electron chi connectivity index (χ4n) is 2.78. The third-order valence-corrected chi connectivity index (χ3v) is 4.36. The molecule has 0 saturated carbocycles. The van der Waals surface area contributed by atoms with E-state index in [0.717, 1.165) is 16.6 Å². The highest BCUT2D eigenvalue weighted by molar-refractivity contribution is 5.98. The van der Waals surface area contributed by atoms with E-state index in [1.807, 2.05) is 68.4 Å². The number of nitrogens with zero attached hydrogens (tertiary/aromatic N) is 1. The third-order valence-electron chi connectivity index (χ3n) is 4.36. The molecule has 1 heterocycles. The summed E-state index contributed by atoms with van der Waals surface area (Å²) in [5, 5.41) is 9.07. The van der Waals surface area contributed by atoms with Gasteiger partial charge in [0.05, 0.1) is 0 Å². The summed E-state index contributed by atoms with van der Waals surface area (Å²) in [6.45, 7) is 6.17. The van der Waals surface area contributed by atoms with Gasteiger partial charge in [-0.2, -0.15) is 0 Å².